The third-order valence-electron chi connectivity index (χ3n) is 4.48. The highest BCUT2D eigenvalue weighted by Crippen LogP contribution is 2.27. The molecule has 2 N–H and O–H groups in total. The molecule has 6 heteroatoms. The molecular formula is C16H25N3O2S. The monoisotopic (exact) mass is 323 g/mol. The van der Waals surface area contributed by atoms with Crippen molar-refractivity contribution in [2.45, 2.75) is 25.3 Å². The van der Waals surface area contributed by atoms with E-state index in [1.54, 1.807) is 11.3 Å². The molecule has 122 valence electrons. The van der Waals surface area contributed by atoms with Gasteiger partial charge in [-0.15, -0.1) is 11.3 Å². The number of nitrogens with zero attached hydrogens (tertiary/aromatic N) is 1. The maximum atomic E-state index is 12.0. The highest BCUT2D eigenvalue weighted by atomic mass is 32.1. The fraction of sp³-hybridized carbons (Fsp3) is 0.688. The Labute approximate surface area is 136 Å². The molecule has 2 atom stereocenters. The van der Waals surface area contributed by atoms with E-state index < -0.39 is 0 Å². The second-order valence-corrected chi connectivity index (χ2v) is 7.07. The number of carbonyl (C=O) groups excluding carboxylic acids is 1. The van der Waals surface area contributed by atoms with Gasteiger partial charge in [0.1, 0.15) is 0 Å². The van der Waals surface area contributed by atoms with Crippen LogP contribution in [0.4, 0.5) is 4.79 Å². The van der Waals surface area contributed by atoms with Gasteiger partial charge in [0.25, 0.3) is 0 Å². The molecular weight excluding hydrogens is 298 g/mol. The van der Waals surface area contributed by atoms with E-state index in [-0.39, 0.29) is 6.03 Å². The second-order valence-electron chi connectivity index (χ2n) is 6.09. The molecule has 0 radical (unpaired) electrons. The molecule has 0 bridgehead atoms. The van der Waals surface area contributed by atoms with E-state index in [1.807, 2.05) is 0 Å². The average Bonchev–Trinajstić information content (AvgIpc) is 3.27. The van der Waals surface area contributed by atoms with Gasteiger partial charge in [-0.2, -0.15) is 0 Å². The number of nitrogens with one attached hydrogen (secondary N) is 2. The van der Waals surface area contributed by atoms with Crippen LogP contribution in [0.5, 0.6) is 0 Å². The van der Waals surface area contributed by atoms with Crippen molar-refractivity contribution < 1.29 is 9.53 Å². The van der Waals surface area contributed by atoms with Crippen LogP contribution in [0.2, 0.25) is 0 Å². The molecule has 1 aromatic rings. The Morgan fingerprint density at radius 3 is 2.95 bits per heavy atom. The molecule has 2 fully saturated rings. The van der Waals surface area contributed by atoms with Gasteiger partial charge in [-0.25, -0.2) is 4.79 Å². The van der Waals surface area contributed by atoms with Gasteiger partial charge in [0.05, 0.1) is 12.6 Å². The molecule has 2 saturated heterocycles. The summed E-state index contributed by atoms with van der Waals surface area (Å²) in [4.78, 5) is 15.8. The Hall–Kier alpha value is -1.11. The van der Waals surface area contributed by atoms with Gasteiger partial charge in [-0.05, 0) is 43.8 Å². The van der Waals surface area contributed by atoms with Gasteiger partial charge in [-0.3, -0.25) is 4.90 Å². The second kappa shape index (κ2) is 7.94. The average molecular weight is 323 g/mol. The summed E-state index contributed by atoms with van der Waals surface area (Å²) < 4.78 is 5.33. The summed E-state index contributed by atoms with van der Waals surface area (Å²) in [7, 11) is 0. The topological polar surface area (TPSA) is 53.6 Å². The Balaban J connectivity index is 1.47. The molecule has 0 aromatic carbocycles. The summed E-state index contributed by atoms with van der Waals surface area (Å²) in [6, 6.07) is 4.50. The lowest BCUT2D eigenvalue weighted by Crippen LogP contribution is -2.42. The van der Waals surface area contributed by atoms with Crippen LogP contribution in [0.3, 0.4) is 0 Å². The van der Waals surface area contributed by atoms with Gasteiger partial charge < -0.3 is 15.4 Å². The van der Waals surface area contributed by atoms with Crippen LogP contribution in [0.15, 0.2) is 17.5 Å². The Bertz CT molecular complexity index is 454. The van der Waals surface area contributed by atoms with Crippen LogP contribution in [0, 0.1) is 5.92 Å². The minimum Gasteiger partial charge on any atom is -0.381 e. The summed E-state index contributed by atoms with van der Waals surface area (Å²) >= 11 is 1.77. The normalized spacial score (nSPS) is 23.5. The zero-order valence-electron chi connectivity index (χ0n) is 12.9. The minimum absolute atomic E-state index is 0.0624. The maximum absolute atomic E-state index is 12.0. The number of thiophene rings is 1. The summed E-state index contributed by atoms with van der Waals surface area (Å²) in [6.45, 7) is 5.23. The number of likely N-dealkylation sites (tertiary alicyclic amines) is 1. The van der Waals surface area contributed by atoms with Gasteiger partial charge in [0.15, 0.2) is 0 Å². The minimum atomic E-state index is -0.0624. The van der Waals surface area contributed by atoms with Crippen molar-refractivity contribution in [2.75, 3.05) is 39.4 Å². The molecule has 2 aliphatic heterocycles. The summed E-state index contributed by atoms with van der Waals surface area (Å²) in [6.07, 6.45) is 3.57. The largest absolute Gasteiger partial charge is 0.381 e. The van der Waals surface area contributed by atoms with E-state index in [0.29, 0.717) is 25.0 Å². The molecule has 0 spiro atoms. The van der Waals surface area contributed by atoms with Crippen LogP contribution >= 0.6 is 11.3 Å². The number of rotatable bonds is 6. The van der Waals surface area contributed by atoms with Crippen molar-refractivity contribution in [1.82, 2.24) is 15.5 Å². The number of hydrogen-bond acceptors (Lipinski definition) is 4. The van der Waals surface area contributed by atoms with Crippen LogP contribution in [0.25, 0.3) is 0 Å². The van der Waals surface area contributed by atoms with Crippen molar-refractivity contribution in [3.05, 3.63) is 22.4 Å². The zero-order valence-corrected chi connectivity index (χ0v) is 13.7. The van der Waals surface area contributed by atoms with Crippen LogP contribution in [-0.4, -0.2) is 50.3 Å². The first-order valence-electron chi connectivity index (χ1n) is 8.20. The van der Waals surface area contributed by atoms with Crippen LogP contribution in [0.1, 0.15) is 30.2 Å². The standard InChI is InChI=1S/C16H25N3O2S/c20-16(17-10-13-5-8-21-12-13)18-11-14(15-4-3-9-22-15)19-6-1-2-7-19/h3-4,9,13-14H,1-2,5-8,10-12H2,(H2,17,18,20)/t13-,14+/m1/s1. The molecule has 3 rings (SSSR count). The first-order valence-corrected chi connectivity index (χ1v) is 9.08. The first-order chi connectivity index (χ1) is 10.8. The molecule has 5 nitrogen and oxygen atoms in total. The van der Waals surface area contributed by atoms with E-state index in [0.717, 1.165) is 32.7 Å². The van der Waals surface area contributed by atoms with E-state index in [9.17, 15) is 4.79 Å². The molecule has 2 aliphatic rings. The number of amides is 2. The lowest BCUT2D eigenvalue weighted by molar-refractivity contribution is 0.184. The molecule has 2 amide bonds. The van der Waals surface area contributed by atoms with Gasteiger partial charge in [0.2, 0.25) is 0 Å². The number of ether oxygens (including phenoxy) is 1. The Kier molecular flexibility index (Phi) is 5.70. The van der Waals surface area contributed by atoms with E-state index >= 15 is 0 Å². The summed E-state index contributed by atoms with van der Waals surface area (Å²) in [5.41, 5.74) is 0. The van der Waals surface area contributed by atoms with E-state index in [2.05, 4.69) is 33.0 Å². The number of urea groups is 1. The van der Waals surface area contributed by atoms with Gasteiger partial charge >= 0.3 is 6.03 Å². The van der Waals surface area contributed by atoms with Crippen molar-refractivity contribution in [3.63, 3.8) is 0 Å². The molecule has 0 aliphatic carbocycles. The molecule has 22 heavy (non-hydrogen) atoms. The van der Waals surface area contributed by atoms with Crippen LogP contribution in [-0.2, 0) is 4.74 Å². The number of carbonyl (C=O) groups is 1. The molecule has 0 unspecified atom stereocenters. The van der Waals surface area contributed by atoms with Gasteiger partial charge in [0, 0.05) is 30.5 Å². The number of hydrogen-bond donors (Lipinski definition) is 2. The molecule has 1 aromatic heterocycles. The van der Waals surface area contributed by atoms with Crippen LogP contribution < -0.4 is 10.6 Å². The van der Waals surface area contributed by atoms with Crippen molar-refractivity contribution in [3.8, 4) is 0 Å². The predicted octanol–water partition coefficient (Wildman–Crippen LogP) is 2.22. The smallest absolute Gasteiger partial charge is 0.314 e. The first kappa shape index (κ1) is 15.8. The van der Waals surface area contributed by atoms with Crippen molar-refractivity contribution in [1.29, 1.82) is 0 Å². The lowest BCUT2D eigenvalue weighted by atomic mass is 10.1. The van der Waals surface area contributed by atoms with Crippen molar-refractivity contribution in [2.24, 2.45) is 5.92 Å². The summed E-state index contributed by atoms with van der Waals surface area (Å²) in [5.74, 6) is 0.470. The quantitative estimate of drug-likeness (QED) is 0.844. The van der Waals surface area contributed by atoms with E-state index in [1.165, 1.54) is 17.7 Å². The SMILES string of the molecule is O=C(NC[C@H]1CCOC1)NC[C@@H](c1cccs1)N1CCCC1. The van der Waals surface area contributed by atoms with Gasteiger partial charge in [-0.1, -0.05) is 6.07 Å². The molecule has 0 saturated carbocycles. The zero-order chi connectivity index (χ0) is 15.2. The predicted molar refractivity (Wildman–Crippen MR) is 88.2 cm³/mol. The fourth-order valence-corrected chi connectivity index (χ4v) is 4.04. The molecule has 3 heterocycles. The highest BCUT2D eigenvalue weighted by molar-refractivity contribution is 7.10. The highest BCUT2D eigenvalue weighted by Gasteiger charge is 2.24. The Morgan fingerprint density at radius 2 is 2.27 bits per heavy atom. The third-order valence-corrected chi connectivity index (χ3v) is 5.46. The summed E-state index contributed by atoms with van der Waals surface area (Å²) in [5, 5.41) is 8.13. The lowest BCUT2D eigenvalue weighted by Gasteiger charge is -2.27. The Morgan fingerprint density at radius 1 is 1.41 bits per heavy atom. The fourth-order valence-electron chi connectivity index (χ4n) is 3.18. The maximum Gasteiger partial charge on any atom is 0.314 e. The van der Waals surface area contributed by atoms with Crippen molar-refractivity contribution >= 4 is 17.4 Å². The third kappa shape index (κ3) is 4.21. The van der Waals surface area contributed by atoms with E-state index in [4.69, 9.17) is 4.74 Å².